The van der Waals surface area contributed by atoms with Gasteiger partial charge in [-0.25, -0.2) is 0 Å². The van der Waals surface area contributed by atoms with E-state index in [1.165, 1.54) is 36.8 Å². The molecule has 112 valence electrons. The highest BCUT2D eigenvalue weighted by molar-refractivity contribution is 5.79. The first-order valence-electron chi connectivity index (χ1n) is 8.06. The Kier molecular flexibility index (Phi) is 4.51. The van der Waals surface area contributed by atoms with E-state index in [1.54, 1.807) is 0 Å². The molecule has 3 rings (SSSR count). The van der Waals surface area contributed by atoms with Gasteiger partial charge in [0, 0.05) is 36.6 Å². The van der Waals surface area contributed by atoms with Crippen molar-refractivity contribution < 1.29 is 0 Å². The fraction of sp³-hybridized carbons (Fsp3) is 0.500. The summed E-state index contributed by atoms with van der Waals surface area (Å²) >= 11 is 0. The van der Waals surface area contributed by atoms with Crippen LogP contribution in [0.15, 0.2) is 36.5 Å². The second kappa shape index (κ2) is 6.54. The van der Waals surface area contributed by atoms with Crippen LogP contribution in [0.2, 0.25) is 0 Å². The summed E-state index contributed by atoms with van der Waals surface area (Å²) in [5.41, 5.74) is 8.47. The van der Waals surface area contributed by atoms with Gasteiger partial charge in [0.25, 0.3) is 0 Å². The maximum Gasteiger partial charge on any atom is 0.0702 e. The summed E-state index contributed by atoms with van der Waals surface area (Å²) in [6.07, 6.45) is 5.85. The molecule has 2 atom stereocenters. The quantitative estimate of drug-likeness (QED) is 0.937. The molecule has 21 heavy (non-hydrogen) atoms. The summed E-state index contributed by atoms with van der Waals surface area (Å²) in [6.45, 7) is 5.34. The first-order valence-corrected chi connectivity index (χ1v) is 8.06. The highest BCUT2D eigenvalue weighted by Gasteiger charge is 2.22. The van der Waals surface area contributed by atoms with E-state index in [0.29, 0.717) is 18.5 Å². The number of hydrogen-bond acceptors (Lipinski definition) is 3. The number of nitrogens with zero attached hydrogens (tertiary/aromatic N) is 2. The number of rotatable bonds is 4. The predicted octanol–water partition coefficient (Wildman–Crippen LogP) is 3.15. The molecule has 0 amide bonds. The Morgan fingerprint density at radius 1 is 1.33 bits per heavy atom. The third kappa shape index (κ3) is 3.25. The van der Waals surface area contributed by atoms with Gasteiger partial charge in [0.1, 0.15) is 0 Å². The van der Waals surface area contributed by atoms with Crippen LogP contribution in [0.25, 0.3) is 10.9 Å². The predicted molar refractivity (Wildman–Crippen MR) is 88.4 cm³/mol. The molecule has 2 unspecified atom stereocenters. The van der Waals surface area contributed by atoms with Crippen molar-refractivity contribution in [1.29, 1.82) is 0 Å². The molecule has 2 N–H and O–H groups in total. The number of aromatic nitrogens is 1. The van der Waals surface area contributed by atoms with E-state index in [1.807, 2.05) is 12.3 Å². The standard InChI is InChI=1S/C18H25N3/c1-14-5-2-3-10-21(14)13-17(12-19)15-7-8-18-16(11-15)6-4-9-20-18/h4,6-9,11,14,17H,2-3,5,10,12-13,19H2,1H3. The molecule has 3 heteroatoms. The summed E-state index contributed by atoms with van der Waals surface area (Å²) in [7, 11) is 0. The smallest absolute Gasteiger partial charge is 0.0702 e. The molecule has 0 bridgehead atoms. The molecule has 0 spiro atoms. The van der Waals surface area contributed by atoms with E-state index in [4.69, 9.17) is 5.73 Å². The molecule has 1 aliphatic heterocycles. The van der Waals surface area contributed by atoms with Crippen LogP contribution in [-0.2, 0) is 0 Å². The van der Waals surface area contributed by atoms with Crippen LogP contribution in [0.1, 0.15) is 37.7 Å². The minimum absolute atomic E-state index is 0.412. The molecule has 1 fully saturated rings. The van der Waals surface area contributed by atoms with Crippen LogP contribution in [0.4, 0.5) is 0 Å². The minimum atomic E-state index is 0.412. The first-order chi connectivity index (χ1) is 10.3. The van der Waals surface area contributed by atoms with Crippen molar-refractivity contribution in [2.75, 3.05) is 19.6 Å². The van der Waals surface area contributed by atoms with Crippen molar-refractivity contribution in [2.45, 2.75) is 38.1 Å². The number of pyridine rings is 1. The average Bonchev–Trinajstić information content (AvgIpc) is 2.54. The third-order valence-corrected chi connectivity index (χ3v) is 4.78. The number of benzene rings is 1. The van der Waals surface area contributed by atoms with Crippen molar-refractivity contribution in [1.82, 2.24) is 9.88 Å². The Bertz CT molecular complexity index is 596. The largest absolute Gasteiger partial charge is 0.330 e. The number of nitrogens with two attached hydrogens (primary N) is 1. The maximum absolute atomic E-state index is 6.07. The van der Waals surface area contributed by atoms with Crippen LogP contribution >= 0.6 is 0 Å². The van der Waals surface area contributed by atoms with Gasteiger partial charge in [-0.3, -0.25) is 4.98 Å². The Hall–Kier alpha value is -1.45. The lowest BCUT2D eigenvalue weighted by Gasteiger charge is -2.35. The number of fused-ring (bicyclic) bond motifs is 1. The van der Waals surface area contributed by atoms with E-state index in [9.17, 15) is 0 Å². The van der Waals surface area contributed by atoms with Gasteiger partial charge in [-0.2, -0.15) is 0 Å². The second-order valence-electron chi connectivity index (χ2n) is 6.23. The van der Waals surface area contributed by atoms with E-state index < -0.39 is 0 Å². The molecule has 1 aromatic heterocycles. The van der Waals surface area contributed by atoms with Crippen LogP contribution in [0, 0.1) is 0 Å². The van der Waals surface area contributed by atoms with Crippen molar-refractivity contribution in [2.24, 2.45) is 5.73 Å². The topological polar surface area (TPSA) is 42.1 Å². The third-order valence-electron chi connectivity index (χ3n) is 4.78. The molecule has 0 radical (unpaired) electrons. The summed E-state index contributed by atoms with van der Waals surface area (Å²) in [5.74, 6) is 0.412. The Balaban J connectivity index is 1.80. The summed E-state index contributed by atoms with van der Waals surface area (Å²) < 4.78 is 0. The number of likely N-dealkylation sites (tertiary alicyclic amines) is 1. The van der Waals surface area contributed by atoms with Crippen molar-refractivity contribution in [3.63, 3.8) is 0 Å². The van der Waals surface area contributed by atoms with E-state index in [2.05, 4.69) is 41.1 Å². The van der Waals surface area contributed by atoms with Gasteiger partial charge in [0.15, 0.2) is 0 Å². The average molecular weight is 283 g/mol. The van der Waals surface area contributed by atoms with Gasteiger partial charge in [-0.1, -0.05) is 18.6 Å². The number of piperidine rings is 1. The molecule has 0 saturated carbocycles. The van der Waals surface area contributed by atoms with Gasteiger partial charge < -0.3 is 10.6 Å². The lowest BCUT2D eigenvalue weighted by atomic mass is 9.94. The summed E-state index contributed by atoms with van der Waals surface area (Å²) in [5, 5.41) is 1.21. The van der Waals surface area contributed by atoms with Crippen molar-refractivity contribution in [3.8, 4) is 0 Å². The lowest BCUT2D eigenvalue weighted by molar-refractivity contribution is 0.152. The molecule has 3 nitrogen and oxygen atoms in total. The van der Waals surface area contributed by atoms with E-state index >= 15 is 0 Å². The molecule has 1 aliphatic rings. The van der Waals surface area contributed by atoms with Crippen LogP contribution in [0.5, 0.6) is 0 Å². The normalized spacial score (nSPS) is 21.5. The molecular weight excluding hydrogens is 258 g/mol. The molecule has 1 saturated heterocycles. The summed E-state index contributed by atoms with van der Waals surface area (Å²) in [6, 6.07) is 11.4. The van der Waals surface area contributed by atoms with Crippen LogP contribution in [-0.4, -0.2) is 35.6 Å². The molecule has 2 heterocycles. The fourth-order valence-electron chi connectivity index (χ4n) is 3.38. The van der Waals surface area contributed by atoms with Gasteiger partial charge in [0.05, 0.1) is 5.52 Å². The van der Waals surface area contributed by atoms with Gasteiger partial charge in [0.2, 0.25) is 0 Å². The zero-order valence-electron chi connectivity index (χ0n) is 12.8. The monoisotopic (exact) mass is 283 g/mol. The Morgan fingerprint density at radius 3 is 3.05 bits per heavy atom. The van der Waals surface area contributed by atoms with Crippen molar-refractivity contribution >= 4 is 10.9 Å². The SMILES string of the molecule is CC1CCCCN1CC(CN)c1ccc2ncccc2c1. The molecule has 0 aliphatic carbocycles. The summed E-state index contributed by atoms with van der Waals surface area (Å²) in [4.78, 5) is 7.00. The molecular formula is C18H25N3. The maximum atomic E-state index is 6.07. The number of hydrogen-bond donors (Lipinski definition) is 1. The zero-order chi connectivity index (χ0) is 14.7. The highest BCUT2D eigenvalue weighted by Crippen LogP contribution is 2.24. The Labute approximate surface area is 127 Å². The van der Waals surface area contributed by atoms with Crippen LogP contribution in [0.3, 0.4) is 0 Å². The van der Waals surface area contributed by atoms with E-state index in [-0.39, 0.29) is 0 Å². The van der Waals surface area contributed by atoms with Gasteiger partial charge in [-0.05, 0) is 50.1 Å². The van der Waals surface area contributed by atoms with Crippen LogP contribution < -0.4 is 5.73 Å². The first kappa shape index (κ1) is 14.5. The van der Waals surface area contributed by atoms with Gasteiger partial charge >= 0.3 is 0 Å². The van der Waals surface area contributed by atoms with Crippen molar-refractivity contribution in [3.05, 3.63) is 42.1 Å². The molecule has 1 aromatic carbocycles. The molecule has 2 aromatic rings. The lowest BCUT2D eigenvalue weighted by Crippen LogP contribution is -2.41. The second-order valence-corrected chi connectivity index (χ2v) is 6.23. The Morgan fingerprint density at radius 2 is 2.24 bits per heavy atom. The van der Waals surface area contributed by atoms with Gasteiger partial charge in [-0.15, -0.1) is 0 Å². The highest BCUT2D eigenvalue weighted by atomic mass is 15.2. The minimum Gasteiger partial charge on any atom is -0.330 e. The zero-order valence-corrected chi connectivity index (χ0v) is 12.8. The van der Waals surface area contributed by atoms with E-state index in [0.717, 1.165) is 12.1 Å². The fourth-order valence-corrected chi connectivity index (χ4v) is 3.38.